The number of esters is 8. The number of amides is 2. The Morgan fingerprint density at radius 3 is 1.28 bits per heavy atom. The summed E-state index contributed by atoms with van der Waals surface area (Å²) in [6, 6.07) is 45.0. The number of anilines is 1. The molecular weight excluding hydrogens is 2110 g/mol. The topological polar surface area (TPSA) is 442 Å². The number of methoxy groups -OCH3 is 8. The fourth-order valence-corrected chi connectivity index (χ4v) is 12.2. The third-order valence-corrected chi connectivity index (χ3v) is 19.7. The number of fused-ring (bicyclic) bond motifs is 4. The number of hydrogen-bond acceptors (Lipinski definition) is 30. The first kappa shape index (κ1) is 123. The van der Waals surface area contributed by atoms with Gasteiger partial charge in [0, 0.05) is 51.3 Å². The minimum atomic E-state index is -3.22. The maximum absolute atomic E-state index is 14.7. The number of pyridine rings is 4. The summed E-state index contributed by atoms with van der Waals surface area (Å²) in [7, 11) is 14.3. The van der Waals surface area contributed by atoms with Gasteiger partial charge in [0.25, 0.3) is 5.78 Å². The Morgan fingerprint density at radius 1 is 0.483 bits per heavy atom. The minimum absolute atomic E-state index is 0.00354. The molecule has 31 nitrogen and oxygen atoms in total. The van der Waals surface area contributed by atoms with Crippen LogP contribution in [0.5, 0.6) is 5.75 Å². The second-order valence-corrected chi connectivity index (χ2v) is 36.4. The maximum atomic E-state index is 14.7. The van der Waals surface area contributed by atoms with Gasteiger partial charge in [-0.25, -0.2) is 88.2 Å². The molecule has 5 heterocycles. The number of rotatable bonds is 16. The van der Waals surface area contributed by atoms with E-state index in [2.05, 4.69) is 142 Å². The van der Waals surface area contributed by atoms with Gasteiger partial charge < -0.3 is 58.3 Å². The van der Waals surface area contributed by atoms with Crippen LogP contribution in [0.3, 0.4) is 0 Å². The molecule has 49 heteroatoms. The molecule has 4 aromatic heterocycles. The Morgan fingerprint density at radius 2 is 0.869 bits per heavy atom. The van der Waals surface area contributed by atoms with E-state index in [4.69, 9.17) is 27.1 Å². The number of carbonyl (C=O) groups excluding carboxylic acids is 11. The van der Waals surface area contributed by atoms with Gasteiger partial charge >= 0.3 is 85.4 Å². The molecule has 2 amide bonds. The van der Waals surface area contributed by atoms with Gasteiger partial charge in [0.15, 0.2) is 34.4 Å². The third-order valence-electron chi connectivity index (χ3n) is 18.8. The molecule has 1 saturated heterocycles. The Kier molecular flexibility index (Phi) is 51.8. The summed E-state index contributed by atoms with van der Waals surface area (Å²) in [5.41, 5.74) is 10.2. The number of imide groups is 1. The number of aromatic amines is 1. The molecule has 762 valence electrons. The zero-order valence-corrected chi connectivity index (χ0v) is 84.8. The molecule has 14 rings (SSSR count). The number of carbonyl (C=O) groups is 11. The van der Waals surface area contributed by atoms with Gasteiger partial charge in [0.05, 0.1) is 85.2 Å². The average molecular weight is 2200 g/mol. The van der Waals surface area contributed by atoms with Crippen LogP contribution in [0.25, 0.3) is 65.9 Å². The van der Waals surface area contributed by atoms with E-state index in [0.717, 1.165) is 27.4 Å². The number of benzene rings is 9. The summed E-state index contributed by atoms with van der Waals surface area (Å²) >= 11 is 26.2. The van der Waals surface area contributed by atoms with E-state index in [1.807, 2.05) is 0 Å². The molecule has 5 N–H and O–H groups in total. The summed E-state index contributed by atoms with van der Waals surface area (Å²) in [6.07, 6.45) is -0.197. The van der Waals surface area contributed by atoms with Gasteiger partial charge in [-0.1, -0.05) is 119 Å². The van der Waals surface area contributed by atoms with Crippen molar-refractivity contribution in [3.8, 4) is 28.0 Å². The molecule has 1 fully saturated rings. The number of thiol groups is 1. The Balaban J connectivity index is 0.000000343. The number of aryl methyl sites for hydroxylation is 5. The number of halogens is 14. The van der Waals surface area contributed by atoms with Gasteiger partial charge in [-0.05, 0) is 203 Å². The Bertz CT molecular complexity index is 7000. The second kappa shape index (κ2) is 61.0. The van der Waals surface area contributed by atoms with Crippen LogP contribution in [0.4, 0.5) is 50.9 Å². The number of aromatic nitrogens is 4. The van der Waals surface area contributed by atoms with Crippen molar-refractivity contribution >= 4 is 221 Å². The molecule has 2 radical (unpaired) electrons. The third kappa shape index (κ3) is 38.7. The molecule has 0 bridgehead atoms. The molecule has 1 aliphatic heterocycles. The van der Waals surface area contributed by atoms with Crippen LogP contribution in [-0.2, 0) is 81.4 Å². The Hall–Kier alpha value is -14.3. The van der Waals surface area contributed by atoms with E-state index < -0.39 is 99.7 Å². The van der Waals surface area contributed by atoms with Gasteiger partial charge in [-0.2, -0.15) is 0 Å². The molecule has 0 unspecified atom stereocenters. The Labute approximate surface area is 856 Å². The molecule has 0 spiro atoms. The molecular formula is C96H85B2BrCl4F9N8O23PS. The van der Waals surface area contributed by atoms with Crippen LogP contribution in [0.2, 0.25) is 5.02 Å². The first-order chi connectivity index (χ1) is 68.5. The number of alkyl halides is 1. The number of nitrogens with two attached hydrogens (primary N) is 1. The van der Waals surface area contributed by atoms with Gasteiger partial charge in [0.2, 0.25) is 11.8 Å². The fourth-order valence-electron chi connectivity index (χ4n) is 11.5. The number of Topliss-reactive ketones (excluding diaryl/α,β-unsaturated/α-hetero) is 1. The second-order valence-electron chi connectivity index (χ2n) is 28.5. The van der Waals surface area contributed by atoms with Crippen LogP contribution >= 0.6 is 79.3 Å². The number of nitrogens with zero attached hydrogens (tertiary/aromatic N) is 5. The van der Waals surface area contributed by atoms with Gasteiger partial charge in [-0.3, -0.25) is 38.6 Å². The van der Waals surface area contributed by atoms with E-state index in [1.54, 1.807) is 126 Å². The number of hydrogen-bond donors (Lipinski definition) is 5. The van der Waals surface area contributed by atoms with Crippen molar-refractivity contribution in [1.82, 2.24) is 25.3 Å². The molecule has 13 aromatic rings. The van der Waals surface area contributed by atoms with Crippen LogP contribution in [-0.4, -0.2) is 168 Å². The summed E-state index contributed by atoms with van der Waals surface area (Å²) in [4.78, 5) is 151. The molecule has 9 aromatic carbocycles. The molecule has 0 saturated carbocycles. The van der Waals surface area contributed by atoms with Crippen molar-refractivity contribution in [2.75, 3.05) is 62.6 Å². The quantitative estimate of drug-likeness (QED) is 0.00487. The number of nitrogen functional groups attached to an aromatic ring is 1. The van der Waals surface area contributed by atoms with Crippen LogP contribution < -0.4 is 21.1 Å². The standard InChI is InChI=1S/C18H12BrF2NO2.C18H13F2NO2.C13H14FNO4.C12H9ClFNO2.C12H10FNO3.C7H8FN.C6H5BFO2.C6H8O5.C4H5NO2.BHNS.Cl3OP/c1-24-18(23)15-8-14(10-2-5-12(20)6-3-10)13-7-4-11(9-19)16(21)17(13)22-15;1-10-3-8-13-14(11-4-6-12(19)7-5-11)9-15(18(22)23-2)21-17(13)16(10)20;1-8-5-4-6-9(12(8)14)15-10(13(17)19-3)7-11(16)18-2;1-6-3-4-7-8(13)5-9(12(16)17-2)15-11(7)10(6)14;1-6-3-4-7-9(15)5-8(12(16)17-2)14-11(7)10(6)13;1-5-3-2-4-6(9)7(5)8;8-5-1-3-6(4-2-5)10-7-9;1-10-5(8)3-4(7)6(9)11-2;6-3-1-2-4(7)5-3;1-2-3;1-5(2,3)4/h2-8H,9H2,1H3;3-9H,1-2H3;4-6H,7H2,1-3H3;3-5H,1-2H3;3-5H,1-2H3,(H,14,15);2-4H,9H2,1H3;1-4,9H;3H2,1-2H3;1-2H2,(H,5,6,7);3H;. The predicted octanol–water partition coefficient (Wildman–Crippen LogP) is 20.1. The summed E-state index contributed by atoms with van der Waals surface area (Å²) in [5.74, 6) is -10.6. The first-order valence-corrected chi connectivity index (χ1v) is 47.1. The van der Waals surface area contributed by atoms with E-state index >= 15 is 0 Å². The number of ether oxygens (including phenoxy) is 8. The van der Waals surface area contributed by atoms with Crippen molar-refractivity contribution in [1.29, 1.82) is 0 Å². The normalized spacial score (nSPS) is 10.7. The summed E-state index contributed by atoms with van der Waals surface area (Å²) in [5, 5.41) is 9.43. The fraction of sp³-hybridized carbons (Fsp3) is 0.188. The van der Waals surface area contributed by atoms with Crippen molar-refractivity contribution < 1.29 is 144 Å². The van der Waals surface area contributed by atoms with E-state index in [1.165, 1.54) is 120 Å². The summed E-state index contributed by atoms with van der Waals surface area (Å²) in [6.45, 7) is 8.09. The average Bonchev–Trinajstić information content (AvgIpc) is 1.42. The van der Waals surface area contributed by atoms with Gasteiger partial charge in [0.1, 0.15) is 80.6 Å². The molecule has 1 aliphatic rings. The first-order valence-electron chi connectivity index (χ1n) is 40.8. The molecule has 0 atom stereocenters. The van der Waals surface area contributed by atoms with Crippen LogP contribution in [0, 0.1) is 87.0 Å². The van der Waals surface area contributed by atoms with Crippen LogP contribution in [0.15, 0.2) is 196 Å². The number of ketones is 1. The van der Waals surface area contributed by atoms with Crippen molar-refractivity contribution in [3.63, 3.8) is 0 Å². The summed E-state index contributed by atoms with van der Waals surface area (Å²) < 4.78 is 174. The van der Waals surface area contributed by atoms with E-state index in [0.29, 0.717) is 103 Å². The number of H-pyrrole nitrogens is 1. The number of nitrogens with one attached hydrogen (secondary N) is 2. The zero-order valence-electron chi connectivity index (χ0n) is 78.4. The van der Waals surface area contributed by atoms with E-state index in [-0.39, 0.29) is 114 Å². The van der Waals surface area contributed by atoms with Gasteiger partial charge in [-0.15, -0.1) is 0 Å². The van der Waals surface area contributed by atoms with Crippen molar-refractivity contribution in [2.24, 2.45) is 9.29 Å². The SMILES string of the molecule is COC(=O)CC(=Nc1cccc(C)c1F)C(=O)OC.COC(=O)CC(=O)C(=O)OC.COC(=O)c1cc(-c2ccc(F)cc2)c2ccc(C)c(F)c2n1.COC(=O)c1cc(-c2ccc(F)cc2)c2ccc(CBr)c(F)c2n1.COC(=O)c1cc(=O)c2ccc(C)c(F)c2[nH]1.COC(=O)c1cc(Cl)c2ccc(C)c(F)c2n1.Cc1cccc(N)c1F.O=C1CCC(=O)N1.O=P(Cl)(Cl)Cl.O[B]Oc1ccc(F)cc1.[B]=NS. The van der Waals surface area contributed by atoms with Crippen molar-refractivity contribution in [2.45, 2.75) is 65.6 Å². The molecule has 0 aliphatic carbocycles. The predicted molar refractivity (Wildman–Crippen MR) is 533 cm³/mol. The monoisotopic (exact) mass is 2190 g/mol. The van der Waals surface area contributed by atoms with E-state index in [9.17, 15) is 102 Å². The zero-order chi connectivity index (χ0) is 109. The number of aliphatic imine (C=N–C) groups is 1. The van der Waals surface area contributed by atoms with Crippen molar-refractivity contribution in [3.05, 3.63) is 306 Å². The molecule has 145 heavy (non-hydrogen) atoms. The van der Waals surface area contributed by atoms with Crippen LogP contribution in [0.1, 0.15) is 101 Å².